The predicted octanol–water partition coefficient (Wildman–Crippen LogP) is 2.71. The Morgan fingerprint density at radius 1 is 1.45 bits per heavy atom. The van der Waals surface area contributed by atoms with Crippen molar-refractivity contribution < 1.29 is 4.79 Å². The zero-order valence-corrected chi connectivity index (χ0v) is 13.6. The number of rotatable bonds is 5. The van der Waals surface area contributed by atoms with E-state index in [-0.39, 0.29) is 5.91 Å². The highest BCUT2D eigenvalue weighted by Crippen LogP contribution is 2.25. The van der Waals surface area contributed by atoms with E-state index in [0.29, 0.717) is 12.5 Å². The lowest BCUT2D eigenvalue weighted by molar-refractivity contribution is 0.0949. The van der Waals surface area contributed by atoms with Gasteiger partial charge in [-0.25, -0.2) is 4.98 Å². The average molecular weight is 315 g/mol. The van der Waals surface area contributed by atoms with Gasteiger partial charge in [-0.15, -0.1) is 11.3 Å². The minimum Gasteiger partial charge on any atom is -0.346 e. The number of thiazole rings is 1. The summed E-state index contributed by atoms with van der Waals surface area (Å²) >= 11 is 1.60. The van der Waals surface area contributed by atoms with Crippen molar-refractivity contribution in [1.29, 1.82) is 0 Å². The Hall–Kier alpha value is -1.72. The summed E-state index contributed by atoms with van der Waals surface area (Å²) < 4.78 is 0. The molecular weight excluding hydrogens is 294 g/mol. The lowest BCUT2D eigenvalue weighted by Gasteiger charge is -2.14. The van der Waals surface area contributed by atoms with Crippen molar-refractivity contribution in [2.24, 2.45) is 0 Å². The van der Waals surface area contributed by atoms with E-state index in [1.165, 1.54) is 0 Å². The molecule has 4 nitrogen and oxygen atoms in total. The number of carbonyl (C=O) groups is 1. The first-order valence-corrected chi connectivity index (χ1v) is 8.67. The minimum atomic E-state index is -0.00394. The van der Waals surface area contributed by atoms with Gasteiger partial charge in [-0.2, -0.15) is 0 Å². The maximum atomic E-state index is 12.5. The Morgan fingerprint density at radius 2 is 2.32 bits per heavy atom. The van der Waals surface area contributed by atoms with Gasteiger partial charge in [0.15, 0.2) is 0 Å². The molecule has 1 atom stereocenters. The van der Waals surface area contributed by atoms with Crippen LogP contribution in [-0.2, 0) is 13.0 Å². The van der Waals surface area contributed by atoms with Crippen molar-refractivity contribution in [3.8, 4) is 0 Å². The summed E-state index contributed by atoms with van der Waals surface area (Å²) in [6.45, 7) is 4.57. The van der Waals surface area contributed by atoms with Crippen LogP contribution in [0.2, 0.25) is 0 Å². The predicted molar refractivity (Wildman–Crippen MR) is 89.3 cm³/mol. The average Bonchev–Trinajstić information content (AvgIpc) is 3.24. The number of aromatic nitrogens is 1. The smallest absolute Gasteiger partial charge is 0.251 e. The first-order chi connectivity index (χ1) is 10.8. The van der Waals surface area contributed by atoms with E-state index in [9.17, 15) is 4.79 Å². The van der Waals surface area contributed by atoms with E-state index in [1.54, 1.807) is 11.3 Å². The van der Waals surface area contributed by atoms with Crippen LogP contribution in [0.4, 0.5) is 0 Å². The molecule has 0 saturated carbocycles. The van der Waals surface area contributed by atoms with Gasteiger partial charge in [0, 0.05) is 17.5 Å². The molecule has 1 aliphatic rings. The molecule has 1 aliphatic heterocycles. The second-order valence-corrected chi connectivity index (χ2v) is 6.49. The highest BCUT2D eigenvalue weighted by molar-refractivity contribution is 7.09. The van der Waals surface area contributed by atoms with Crippen LogP contribution in [0.5, 0.6) is 0 Å². The van der Waals surface area contributed by atoms with E-state index in [1.807, 2.05) is 18.2 Å². The fraction of sp³-hybridized carbons (Fsp3) is 0.412. The summed E-state index contributed by atoms with van der Waals surface area (Å²) in [4.78, 5) is 17.0. The molecular formula is C17H21N3OS. The van der Waals surface area contributed by atoms with Crippen LogP contribution in [0.25, 0.3) is 0 Å². The molecule has 2 N–H and O–H groups in total. The first-order valence-electron chi connectivity index (χ1n) is 7.79. The van der Waals surface area contributed by atoms with Crippen LogP contribution in [0.15, 0.2) is 29.6 Å². The normalized spacial score (nSPS) is 17.6. The van der Waals surface area contributed by atoms with Gasteiger partial charge in [0.05, 0.1) is 12.2 Å². The Kier molecular flexibility index (Phi) is 4.85. The van der Waals surface area contributed by atoms with Crippen LogP contribution in [0.1, 0.15) is 45.9 Å². The first kappa shape index (κ1) is 15.2. The summed E-state index contributed by atoms with van der Waals surface area (Å²) in [6.07, 6.45) is 2.03. The Labute approximate surface area is 135 Å². The second kappa shape index (κ2) is 7.03. The molecule has 3 rings (SSSR count). The zero-order chi connectivity index (χ0) is 15.4. The molecule has 0 spiro atoms. The molecule has 1 fully saturated rings. The van der Waals surface area contributed by atoms with Crippen LogP contribution < -0.4 is 10.6 Å². The minimum absolute atomic E-state index is 0.00394. The number of hydrogen-bond acceptors (Lipinski definition) is 4. The SMILES string of the molecule is CCc1csc(CNC(=O)c2ccccc2[C@@H]2CCNC2)n1. The van der Waals surface area contributed by atoms with Gasteiger partial charge in [-0.3, -0.25) is 4.79 Å². The quantitative estimate of drug-likeness (QED) is 0.892. The molecule has 0 radical (unpaired) electrons. The summed E-state index contributed by atoms with van der Waals surface area (Å²) in [5, 5.41) is 9.39. The number of benzene rings is 1. The van der Waals surface area contributed by atoms with Crippen LogP contribution in [-0.4, -0.2) is 24.0 Å². The summed E-state index contributed by atoms with van der Waals surface area (Å²) in [5.74, 6) is 0.434. The van der Waals surface area contributed by atoms with Crippen LogP contribution in [0.3, 0.4) is 0 Å². The van der Waals surface area contributed by atoms with Crippen molar-refractivity contribution in [2.45, 2.75) is 32.2 Å². The topological polar surface area (TPSA) is 54.0 Å². The van der Waals surface area contributed by atoms with Gasteiger partial charge in [0.25, 0.3) is 5.91 Å². The largest absolute Gasteiger partial charge is 0.346 e. The van der Waals surface area contributed by atoms with Crippen LogP contribution >= 0.6 is 11.3 Å². The number of nitrogens with zero attached hydrogens (tertiary/aromatic N) is 1. The second-order valence-electron chi connectivity index (χ2n) is 5.55. The third-order valence-corrected chi connectivity index (χ3v) is 4.96. The van der Waals surface area contributed by atoms with Crippen LogP contribution in [0, 0.1) is 0 Å². The maximum absolute atomic E-state index is 12.5. The Morgan fingerprint density at radius 3 is 3.05 bits per heavy atom. The summed E-state index contributed by atoms with van der Waals surface area (Å²) in [5.41, 5.74) is 3.04. The number of aryl methyl sites for hydroxylation is 1. The molecule has 1 aromatic carbocycles. The van der Waals surface area contributed by atoms with Crippen molar-refractivity contribution in [3.05, 3.63) is 51.5 Å². The molecule has 2 aromatic rings. The lowest BCUT2D eigenvalue weighted by Crippen LogP contribution is -2.24. The zero-order valence-electron chi connectivity index (χ0n) is 12.8. The van der Waals surface area contributed by atoms with Crippen molar-refractivity contribution >= 4 is 17.2 Å². The molecule has 5 heteroatoms. The number of carbonyl (C=O) groups excluding carboxylic acids is 1. The summed E-state index contributed by atoms with van der Waals surface area (Å²) in [6, 6.07) is 7.94. The fourth-order valence-electron chi connectivity index (χ4n) is 2.82. The van der Waals surface area contributed by atoms with Gasteiger partial charge in [-0.1, -0.05) is 25.1 Å². The van der Waals surface area contributed by atoms with E-state index in [2.05, 4.69) is 34.0 Å². The van der Waals surface area contributed by atoms with Gasteiger partial charge >= 0.3 is 0 Å². The van der Waals surface area contributed by atoms with Crippen molar-refractivity contribution in [3.63, 3.8) is 0 Å². The number of amides is 1. The molecule has 1 aromatic heterocycles. The third-order valence-electron chi connectivity index (χ3n) is 4.07. The molecule has 22 heavy (non-hydrogen) atoms. The van der Waals surface area contributed by atoms with E-state index < -0.39 is 0 Å². The highest BCUT2D eigenvalue weighted by atomic mass is 32.1. The van der Waals surface area contributed by atoms with Gasteiger partial charge in [0.1, 0.15) is 5.01 Å². The summed E-state index contributed by atoms with van der Waals surface area (Å²) in [7, 11) is 0. The van der Waals surface area contributed by atoms with E-state index in [4.69, 9.17) is 0 Å². The number of hydrogen-bond donors (Lipinski definition) is 2. The van der Waals surface area contributed by atoms with Gasteiger partial charge < -0.3 is 10.6 Å². The lowest BCUT2D eigenvalue weighted by atomic mass is 9.93. The molecule has 116 valence electrons. The van der Waals surface area contributed by atoms with Crippen molar-refractivity contribution in [2.75, 3.05) is 13.1 Å². The Bertz CT molecular complexity index is 647. The van der Waals surface area contributed by atoms with Gasteiger partial charge in [-0.05, 0) is 36.9 Å². The third kappa shape index (κ3) is 3.36. The van der Waals surface area contributed by atoms with E-state index >= 15 is 0 Å². The van der Waals surface area contributed by atoms with Gasteiger partial charge in [0.2, 0.25) is 0 Å². The van der Waals surface area contributed by atoms with Crippen molar-refractivity contribution in [1.82, 2.24) is 15.6 Å². The van der Waals surface area contributed by atoms with E-state index in [0.717, 1.165) is 47.8 Å². The molecule has 2 heterocycles. The Balaban J connectivity index is 1.69. The molecule has 0 aliphatic carbocycles. The molecule has 1 amide bonds. The molecule has 1 saturated heterocycles. The number of nitrogens with one attached hydrogen (secondary N) is 2. The maximum Gasteiger partial charge on any atom is 0.251 e. The molecule has 0 bridgehead atoms. The molecule has 0 unspecified atom stereocenters. The highest BCUT2D eigenvalue weighted by Gasteiger charge is 2.21. The fourth-order valence-corrected chi connectivity index (χ4v) is 3.64. The monoisotopic (exact) mass is 315 g/mol. The standard InChI is InChI=1S/C17H21N3OS/c1-2-13-11-22-16(20-13)10-19-17(21)15-6-4-3-5-14(15)12-7-8-18-9-12/h3-6,11-12,18H,2,7-10H2,1H3,(H,19,21)/t12-/m1/s1.